The zero-order valence-electron chi connectivity index (χ0n) is 20.4. The van der Waals surface area contributed by atoms with Gasteiger partial charge >= 0.3 is 0 Å². The standard InChI is InChI=1S/C28H23ClN4O3S/c1-16-4-6-18(7-5-16)26-31-32-28(37-26)30-25(34)15-22-17(2)33(24-13-12-21(36-3)14-23(22)24)27(35)19-8-10-20(29)11-9-19/h4-14H,15H2,1-3H3,(H,30,32,34). The van der Waals surface area contributed by atoms with Gasteiger partial charge in [-0.05, 0) is 61.9 Å². The van der Waals surface area contributed by atoms with Gasteiger partial charge in [0.05, 0.1) is 19.0 Å². The minimum Gasteiger partial charge on any atom is -0.497 e. The second kappa shape index (κ2) is 10.2. The number of aryl methyl sites for hydroxylation is 1. The molecule has 5 aromatic rings. The first-order valence-electron chi connectivity index (χ1n) is 11.5. The quantitative estimate of drug-likeness (QED) is 0.278. The molecule has 0 radical (unpaired) electrons. The molecule has 7 nitrogen and oxygen atoms in total. The van der Waals surface area contributed by atoms with Gasteiger partial charge in [0.1, 0.15) is 10.8 Å². The van der Waals surface area contributed by atoms with E-state index in [1.54, 1.807) is 42.0 Å². The predicted molar refractivity (Wildman–Crippen MR) is 147 cm³/mol. The fraction of sp³-hybridized carbons (Fsp3) is 0.143. The third kappa shape index (κ3) is 4.98. The van der Waals surface area contributed by atoms with Gasteiger partial charge in [0.25, 0.3) is 5.91 Å². The van der Waals surface area contributed by atoms with Crippen molar-refractivity contribution < 1.29 is 14.3 Å². The zero-order valence-corrected chi connectivity index (χ0v) is 22.0. The zero-order chi connectivity index (χ0) is 26.1. The average molecular weight is 531 g/mol. The van der Waals surface area contributed by atoms with Gasteiger partial charge in [0.15, 0.2) is 0 Å². The number of benzene rings is 3. The molecule has 0 aliphatic heterocycles. The second-order valence-electron chi connectivity index (χ2n) is 8.60. The first-order valence-corrected chi connectivity index (χ1v) is 12.7. The number of anilines is 1. The average Bonchev–Trinajstić information content (AvgIpc) is 3.46. The number of halogens is 1. The van der Waals surface area contributed by atoms with Crippen LogP contribution in [0.4, 0.5) is 5.13 Å². The van der Waals surface area contributed by atoms with Gasteiger partial charge in [-0.2, -0.15) is 0 Å². The molecular formula is C28H23ClN4O3S. The van der Waals surface area contributed by atoms with E-state index >= 15 is 0 Å². The smallest absolute Gasteiger partial charge is 0.262 e. The van der Waals surface area contributed by atoms with Crippen LogP contribution in [0, 0.1) is 13.8 Å². The summed E-state index contributed by atoms with van der Waals surface area (Å²) >= 11 is 7.32. The Morgan fingerprint density at radius 2 is 1.73 bits per heavy atom. The number of hydrogen-bond acceptors (Lipinski definition) is 6. The Morgan fingerprint density at radius 1 is 1.00 bits per heavy atom. The number of methoxy groups -OCH3 is 1. The van der Waals surface area contributed by atoms with Crippen LogP contribution in [0.3, 0.4) is 0 Å². The first kappa shape index (κ1) is 24.7. The van der Waals surface area contributed by atoms with Crippen LogP contribution in [0.1, 0.15) is 27.2 Å². The maximum atomic E-state index is 13.5. The molecule has 0 atom stereocenters. The Kier molecular flexibility index (Phi) is 6.78. The molecule has 2 heterocycles. The van der Waals surface area contributed by atoms with E-state index < -0.39 is 0 Å². The van der Waals surface area contributed by atoms with E-state index in [-0.39, 0.29) is 18.2 Å². The van der Waals surface area contributed by atoms with Gasteiger partial charge in [-0.1, -0.05) is 52.8 Å². The molecule has 9 heteroatoms. The van der Waals surface area contributed by atoms with Crippen LogP contribution in [-0.4, -0.2) is 33.7 Å². The molecule has 1 amide bonds. The lowest BCUT2D eigenvalue weighted by molar-refractivity contribution is -0.115. The van der Waals surface area contributed by atoms with E-state index in [0.717, 1.165) is 27.1 Å². The predicted octanol–water partition coefficient (Wildman–Crippen LogP) is 6.31. The van der Waals surface area contributed by atoms with Gasteiger partial charge in [-0.25, -0.2) is 0 Å². The SMILES string of the molecule is COc1ccc2c(c1)c(CC(=O)Nc1nnc(-c3ccc(C)cc3)s1)c(C)n2C(=O)c1ccc(Cl)cc1. The molecule has 0 spiro atoms. The number of fused-ring (bicyclic) bond motifs is 1. The largest absolute Gasteiger partial charge is 0.497 e. The molecule has 5 rings (SSSR count). The van der Waals surface area contributed by atoms with Crippen molar-refractivity contribution in [3.8, 4) is 16.3 Å². The molecule has 0 saturated carbocycles. The third-order valence-corrected chi connectivity index (χ3v) is 7.28. The number of aromatic nitrogens is 3. The van der Waals surface area contributed by atoms with E-state index in [4.69, 9.17) is 16.3 Å². The molecule has 1 N–H and O–H groups in total. The number of rotatable bonds is 6. The van der Waals surface area contributed by atoms with Gasteiger partial charge in [0.2, 0.25) is 11.0 Å². The molecular weight excluding hydrogens is 508 g/mol. The number of nitrogens with one attached hydrogen (secondary N) is 1. The Labute approximate surface area is 222 Å². The Bertz CT molecular complexity index is 1620. The van der Waals surface area contributed by atoms with Crippen molar-refractivity contribution in [3.05, 3.63) is 94.1 Å². The lowest BCUT2D eigenvalue weighted by Crippen LogP contribution is -2.16. The van der Waals surface area contributed by atoms with Crippen LogP contribution in [0.25, 0.3) is 21.5 Å². The molecule has 37 heavy (non-hydrogen) atoms. The minimum atomic E-state index is -0.254. The number of amides is 1. The Hall–Kier alpha value is -4.01. The summed E-state index contributed by atoms with van der Waals surface area (Å²) in [5.41, 5.74) is 4.69. The van der Waals surface area contributed by atoms with Crippen molar-refractivity contribution >= 4 is 50.8 Å². The van der Waals surface area contributed by atoms with Crippen molar-refractivity contribution in [2.75, 3.05) is 12.4 Å². The van der Waals surface area contributed by atoms with Crippen LogP contribution in [-0.2, 0) is 11.2 Å². The minimum absolute atomic E-state index is 0.0514. The molecule has 186 valence electrons. The first-order chi connectivity index (χ1) is 17.8. The lowest BCUT2D eigenvalue weighted by atomic mass is 10.1. The van der Waals surface area contributed by atoms with Crippen LogP contribution >= 0.6 is 22.9 Å². The molecule has 0 aliphatic carbocycles. The number of ether oxygens (including phenoxy) is 1. The summed E-state index contributed by atoms with van der Waals surface area (Å²) in [7, 11) is 1.58. The summed E-state index contributed by atoms with van der Waals surface area (Å²) in [6, 6.07) is 20.2. The van der Waals surface area contributed by atoms with E-state index in [2.05, 4.69) is 15.5 Å². The summed E-state index contributed by atoms with van der Waals surface area (Å²) in [4.78, 5) is 26.6. The van der Waals surface area contributed by atoms with Gasteiger partial charge in [-0.15, -0.1) is 10.2 Å². The number of carbonyl (C=O) groups excluding carboxylic acids is 2. The Morgan fingerprint density at radius 3 is 2.43 bits per heavy atom. The van der Waals surface area contributed by atoms with Crippen LogP contribution in [0.15, 0.2) is 66.7 Å². The van der Waals surface area contributed by atoms with E-state index in [0.29, 0.717) is 32.7 Å². The maximum Gasteiger partial charge on any atom is 0.262 e. The second-order valence-corrected chi connectivity index (χ2v) is 10.0. The number of nitrogens with zero attached hydrogens (tertiary/aromatic N) is 3. The van der Waals surface area contributed by atoms with Crippen molar-refractivity contribution in [2.24, 2.45) is 0 Å². The fourth-order valence-electron chi connectivity index (χ4n) is 4.21. The molecule has 0 saturated heterocycles. The van der Waals surface area contributed by atoms with Crippen molar-refractivity contribution in [1.82, 2.24) is 14.8 Å². The van der Waals surface area contributed by atoms with Crippen molar-refractivity contribution in [3.63, 3.8) is 0 Å². The normalized spacial score (nSPS) is 11.0. The summed E-state index contributed by atoms with van der Waals surface area (Å²) in [6.07, 6.45) is 0.0514. The van der Waals surface area contributed by atoms with Crippen molar-refractivity contribution in [2.45, 2.75) is 20.3 Å². The highest BCUT2D eigenvalue weighted by Crippen LogP contribution is 2.32. The van der Waals surface area contributed by atoms with Gasteiger partial charge < -0.3 is 10.1 Å². The highest BCUT2D eigenvalue weighted by Gasteiger charge is 2.22. The maximum absolute atomic E-state index is 13.5. The molecule has 2 aromatic heterocycles. The van der Waals surface area contributed by atoms with Gasteiger partial charge in [-0.3, -0.25) is 14.2 Å². The summed E-state index contributed by atoms with van der Waals surface area (Å²) in [5, 5.41) is 13.7. The van der Waals surface area contributed by atoms with Crippen LogP contribution in [0.5, 0.6) is 5.75 Å². The summed E-state index contributed by atoms with van der Waals surface area (Å²) < 4.78 is 7.04. The van der Waals surface area contributed by atoms with Crippen LogP contribution in [0.2, 0.25) is 5.02 Å². The fourth-order valence-corrected chi connectivity index (χ4v) is 5.10. The molecule has 0 aliphatic rings. The summed E-state index contributed by atoms with van der Waals surface area (Å²) in [6.45, 7) is 3.86. The molecule has 0 fully saturated rings. The lowest BCUT2D eigenvalue weighted by Gasteiger charge is -2.08. The topological polar surface area (TPSA) is 86.1 Å². The Balaban J connectivity index is 1.45. The van der Waals surface area contributed by atoms with Crippen molar-refractivity contribution in [1.29, 1.82) is 0 Å². The molecule has 0 unspecified atom stereocenters. The van der Waals surface area contributed by atoms with E-state index in [9.17, 15) is 9.59 Å². The monoisotopic (exact) mass is 530 g/mol. The highest BCUT2D eigenvalue weighted by molar-refractivity contribution is 7.18. The third-order valence-electron chi connectivity index (χ3n) is 6.14. The number of hydrogen-bond donors (Lipinski definition) is 1. The molecule has 0 bridgehead atoms. The molecule has 3 aromatic carbocycles. The van der Waals surface area contributed by atoms with Crippen LogP contribution < -0.4 is 10.1 Å². The number of carbonyl (C=O) groups is 2. The van der Waals surface area contributed by atoms with E-state index in [1.807, 2.05) is 50.2 Å². The highest BCUT2D eigenvalue weighted by atomic mass is 35.5. The van der Waals surface area contributed by atoms with Gasteiger partial charge in [0, 0.05) is 27.2 Å². The van der Waals surface area contributed by atoms with E-state index in [1.165, 1.54) is 11.3 Å². The summed E-state index contributed by atoms with van der Waals surface area (Å²) in [5.74, 6) is 0.176.